The van der Waals surface area contributed by atoms with Crippen molar-refractivity contribution in [3.05, 3.63) is 192 Å². The van der Waals surface area contributed by atoms with E-state index in [4.69, 9.17) is 23.1 Å². The summed E-state index contributed by atoms with van der Waals surface area (Å²) in [5.74, 6) is -4.38. The molecule has 0 saturated heterocycles. The summed E-state index contributed by atoms with van der Waals surface area (Å²) in [6, 6.07) is 47.3. The third-order valence-corrected chi connectivity index (χ3v) is 24.5. The van der Waals surface area contributed by atoms with E-state index in [1.165, 1.54) is 43.6 Å². The molecule has 12 nitrogen and oxygen atoms in total. The maximum absolute atomic E-state index is 15.8. The molecule has 0 aliphatic rings. The van der Waals surface area contributed by atoms with Crippen molar-refractivity contribution in [2.45, 2.75) is 94.6 Å². The molecule has 0 spiro atoms. The standard InChI is InChI=1S/C59H64F2N2O10SSi2/c1-57(2,3)75(44-23-15-11-16-24-44,45-25-17-12-18-26-45)72-52(55(65)69-9)53(73-76(58(4,5)6,46-27-19-13-20-28-46)47-29-21-14-22-30-47)56(66)71-59(7,8)37-38-70-51-48(41-31-34-43(35-32-41)74(10,67)68)40-62-63(54(51)64)42-33-36-49(60)50(61)39-42/h11-36,39-40,52-53H,37-38H2,1-10H3/t52-,53-/m1/s1. The van der Waals surface area contributed by atoms with Gasteiger partial charge in [0.05, 0.1) is 30.5 Å². The van der Waals surface area contributed by atoms with Crippen LogP contribution in [0, 0.1) is 11.6 Å². The number of rotatable bonds is 19. The average Bonchev–Trinajstić information content (AvgIpc) is 3.44. The second kappa shape index (κ2) is 22.7. The van der Waals surface area contributed by atoms with Crippen molar-refractivity contribution >= 4 is 59.2 Å². The molecular weight excluding hydrogens is 1020 g/mol. The highest BCUT2D eigenvalue weighted by Crippen LogP contribution is 2.42. The van der Waals surface area contributed by atoms with Crippen molar-refractivity contribution in [3.63, 3.8) is 0 Å². The van der Waals surface area contributed by atoms with Crippen LogP contribution in [-0.2, 0) is 37.8 Å². The minimum atomic E-state index is -3.74. The van der Waals surface area contributed by atoms with Gasteiger partial charge in [-0.2, -0.15) is 9.78 Å². The lowest BCUT2D eigenvalue weighted by Crippen LogP contribution is -2.72. The normalized spacial score (nSPS) is 13.4. The van der Waals surface area contributed by atoms with Crippen LogP contribution in [0.3, 0.4) is 0 Å². The van der Waals surface area contributed by atoms with Gasteiger partial charge in [-0.25, -0.2) is 26.8 Å². The van der Waals surface area contributed by atoms with Crippen molar-refractivity contribution in [2.75, 3.05) is 20.0 Å². The molecule has 7 rings (SSSR count). The highest BCUT2D eigenvalue weighted by molar-refractivity contribution is 7.90. The SMILES string of the molecule is COC(=O)[C@H](O[Si](c1ccccc1)(c1ccccc1)C(C)(C)C)[C@@H](O[Si](c1ccccc1)(c1ccccc1)C(C)(C)C)C(=O)OC(C)(C)CCOc1c(-c2ccc(S(C)(=O)=O)cc2)cnn(-c2ccc(F)c(F)c2)c1=O. The number of esters is 2. The summed E-state index contributed by atoms with van der Waals surface area (Å²) in [4.78, 5) is 45.1. The van der Waals surface area contributed by atoms with Gasteiger partial charge >= 0.3 is 17.5 Å². The third-order valence-electron chi connectivity index (χ3n) is 13.4. The first-order chi connectivity index (χ1) is 35.8. The number of aromatic nitrogens is 2. The largest absolute Gasteiger partial charge is 0.487 e. The van der Waals surface area contributed by atoms with Crippen LogP contribution in [-0.4, -0.2) is 84.6 Å². The Balaban J connectivity index is 1.34. The molecule has 2 atom stereocenters. The Labute approximate surface area is 445 Å². The van der Waals surface area contributed by atoms with E-state index in [0.717, 1.165) is 43.8 Å². The number of methoxy groups -OCH3 is 1. The molecule has 0 unspecified atom stereocenters. The van der Waals surface area contributed by atoms with Crippen LogP contribution in [0.2, 0.25) is 10.1 Å². The molecule has 0 N–H and O–H groups in total. The summed E-state index contributed by atoms with van der Waals surface area (Å²) < 4.78 is 87.8. The number of hydrogen-bond donors (Lipinski definition) is 0. The number of hydrogen-bond acceptors (Lipinski definition) is 11. The monoisotopic (exact) mass is 1090 g/mol. The van der Waals surface area contributed by atoms with Crippen molar-refractivity contribution in [3.8, 4) is 22.6 Å². The van der Waals surface area contributed by atoms with Crippen LogP contribution in [0.5, 0.6) is 5.75 Å². The predicted octanol–water partition coefficient (Wildman–Crippen LogP) is 8.74. The Morgan fingerprint density at radius 2 is 1.05 bits per heavy atom. The number of ether oxygens (including phenoxy) is 3. The van der Waals surface area contributed by atoms with Crippen molar-refractivity contribution < 1.29 is 49.9 Å². The third kappa shape index (κ3) is 11.9. The lowest BCUT2D eigenvalue weighted by Gasteiger charge is -2.48. The van der Waals surface area contributed by atoms with E-state index in [0.29, 0.717) is 5.56 Å². The minimum Gasteiger partial charge on any atom is -0.487 e. The van der Waals surface area contributed by atoms with Crippen LogP contribution < -0.4 is 31.0 Å². The van der Waals surface area contributed by atoms with E-state index >= 15 is 4.79 Å². The first kappa shape index (κ1) is 56.8. The van der Waals surface area contributed by atoms with E-state index in [1.807, 2.05) is 142 Å². The Morgan fingerprint density at radius 3 is 1.45 bits per heavy atom. The first-order valence-corrected chi connectivity index (χ1v) is 30.4. The molecule has 398 valence electrons. The van der Waals surface area contributed by atoms with E-state index in [2.05, 4.69) is 25.9 Å². The molecule has 17 heteroatoms. The molecule has 76 heavy (non-hydrogen) atoms. The quantitative estimate of drug-likeness (QED) is 0.0566. The number of carbonyl (C=O) groups excluding carboxylic acids is 2. The van der Waals surface area contributed by atoms with Gasteiger partial charge in [-0.3, -0.25) is 4.79 Å². The number of carbonyl (C=O) groups is 2. The number of benzene rings is 6. The molecule has 0 radical (unpaired) electrons. The smallest absolute Gasteiger partial charge is 0.337 e. The molecule has 1 heterocycles. The van der Waals surface area contributed by atoms with Crippen LogP contribution in [0.1, 0.15) is 61.8 Å². The first-order valence-electron chi connectivity index (χ1n) is 24.7. The Bertz CT molecular complexity index is 3240. The number of nitrogens with zero attached hydrogens (tertiary/aromatic N) is 2. The van der Waals surface area contributed by atoms with Crippen molar-refractivity contribution in [1.82, 2.24) is 9.78 Å². The zero-order chi connectivity index (χ0) is 55.3. The summed E-state index contributed by atoms with van der Waals surface area (Å²) in [6.07, 6.45) is -1.16. The van der Waals surface area contributed by atoms with Gasteiger partial charge in [0.2, 0.25) is 0 Å². The van der Waals surface area contributed by atoms with Gasteiger partial charge in [0.1, 0.15) is 5.60 Å². The minimum absolute atomic E-state index is 0.0361. The van der Waals surface area contributed by atoms with Gasteiger partial charge in [-0.1, -0.05) is 175 Å². The maximum atomic E-state index is 15.8. The van der Waals surface area contributed by atoms with E-state index in [9.17, 15) is 26.8 Å². The highest BCUT2D eigenvalue weighted by Gasteiger charge is 2.59. The van der Waals surface area contributed by atoms with Gasteiger partial charge in [-0.15, -0.1) is 0 Å². The molecule has 0 fully saturated rings. The molecule has 1 aromatic heterocycles. The number of sulfone groups is 1. The zero-order valence-corrected chi connectivity index (χ0v) is 47.2. The zero-order valence-electron chi connectivity index (χ0n) is 44.4. The van der Waals surface area contributed by atoms with E-state index < -0.39 is 83.5 Å². The van der Waals surface area contributed by atoms with Crippen LogP contribution >= 0.6 is 0 Å². The van der Waals surface area contributed by atoms with Crippen LogP contribution in [0.4, 0.5) is 8.78 Å². The fraction of sp³-hybridized carbons (Fsp3) is 0.288. The lowest BCUT2D eigenvalue weighted by atomic mass is 10.1. The van der Waals surface area contributed by atoms with Crippen LogP contribution in [0.15, 0.2) is 180 Å². The van der Waals surface area contributed by atoms with E-state index in [1.54, 1.807) is 13.8 Å². The Kier molecular flexibility index (Phi) is 17.0. The Morgan fingerprint density at radius 1 is 0.618 bits per heavy atom. The summed E-state index contributed by atoms with van der Waals surface area (Å²) in [5.41, 5.74) is -1.81. The molecule has 7 aromatic rings. The second-order valence-corrected chi connectivity index (χ2v) is 31.7. The predicted molar refractivity (Wildman–Crippen MR) is 296 cm³/mol. The molecule has 0 bridgehead atoms. The fourth-order valence-electron chi connectivity index (χ4n) is 9.59. The van der Waals surface area contributed by atoms with Gasteiger partial charge in [0.15, 0.2) is 39.4 Å². The lowest BCUT2D eigenvalue weighted by molar-refractivity contribution is -0.178. The molecule has 6 aromatic carbocycles. The van der Waals surface area contributed by atoms with Gasteiger partial charge in [-0.05, 0) is 74.5 Å². The molecular formula is C59H64F2N2O10SSi2. The highest BCUT2D eigenvalue weighted by atomic mass is 32.2. The summed E-state index contributed by atoms with van der Waals surface area (Å²) >= 11 is 0. The van der Waals surface area contributed by atoms with E-state index in [-0.39, 0.29) is 34.9 Å². The fourth-order valence-corrected chi connectivity index (χ4v) is 19.5. The second-order valence-electron chi connectivity index (χ2n) is 21.2. The summed E-state index contributed by atoms with van der Waals surface area (Å²) in [7, 11) is -9.76. The average molecular weight is 1090 g/mol. The molecule has 0 amide bonds. The van der Waals surface area contributed by atoms with Gasteiger partial charge in [0, 0.05) is 24.3 Å². The topological polar surface area (TPSA) is 149 Å². The van der Waals surface area contributed by atoms with Crippen molar-refractivity contribution in [1.29, 1.82) is 0 Å². The molecule has 0 aliphatic carbocycles. The van der Waals surface area contributed by atoms with Gasteiger partial charge in [0.25, 0.3) is 16.6 Å². The van der Waals surface area contributed by atoms with Gasteiger partial charge < -0.3 is 23.1 Å². The maximum Gasteiger partial charge on any atom is 0.337 e. The number of halogens is 2. The molecule has 0 saturated carbocycles. The molecule has 0 aliphatic heterocycles. The van der Waals surface area contributed by atoms with Crippen LogP contribution in [0.25, 0.3) is 16.8 Å². The summed E-state index contributed by atoms with van der Waals surface area (Å²) in [6.45, 7) is 15.4. The Hall–Kier alpha value is -6.90. The van der Waals surface area contributed by atoms with Crippen molar-refractivity contribution in [2.24, 2.45) is 0 Å². The summed E-state index contributed by atoms with van der Waals surface area (Å²) in [5, 5.41) is 6.18.